The molecule has 0 aliphatic heterocycles. The van der Waals surface area contributed by atoms with Crippen molar-refractivity contribution in [2.75, 3.05) is 6.66 Å². The van der Waals surface area contributed by atoms with E-state index in [0.717, 1.165) is 32.3 Å². The maximum Gasteiger partial charge on any atom is 0.322 e. The van der Waals surface area contributed by atoms with E-state index in [-0.39, 0.29) is 10.5 Å². The molecule has 0 aromatic heterocycles. The molecular formula is C11H27O5PS. The van der Waals surface area contributed by atoms with Crippen LogP contribution >= 0.6 is 7.60 Å². The highest BCUT2D eigenvalue weighted by atomic mass is 32.2. The van der Waals surface area contributed by atoms with Crippen LogP contribution in [0.15, 0.2) is 0 Å². The van der Waals surface area contributed by atoms with Gasteiger partial charge < -0.3 is 9.79 Å². The molecule has 2 N–H and O–H groups in total. The molecule has 0 spiro atoms. The van der Waals surface area contributed by atoms with Crippen LogP contribution in [-0.2, 0) is 14.4 Å². The lowest BCUT2D eigenvalue weighted by atomic mass is 10.2. The largest absolute Gasteiger partial charge is 0.325 e. The zero-order valence-electron chi connectivity index (χ0n) is 12.0. The fourth-order valence-corrected chi connectivity index (χ4v) is 4.18. The SMILES string of the molecule is CCC(CC)S(=O)(=O)C(CC)CC.CP(=O)(O)O. The summed E-state index contributed by atoms with van der Waals surface area (Å²) < 4.78 is 33.2. The first-order valence-electron chi connectivity index (χ1n) is 6.30. The van der Waals surface area contributed by atoms with Crippen molar-refractivity contribution in [3.8, 4) is 0 Å². The van der Waals surface area contributed by atoms with Crippen LogP contribution in [0.3, 0.4) is 0 Å². The first-order chi connectivity index (χ1) is 8.04. The Kier molecular flexibility index (Phi) is 10.3. The van der Waals surface area contributed by atoms with Gasteiger partial charge >= 0.3 is 7.60 Å². The smallest absolute Gasteiger partial charge is 0.322 e. The van der Waals surface area contributed by atoms with E-state index in [1.165, 1.54) is 0 Å². The van der Waals surface area contributed by atoms with Gasteiger partial charge in [-0.3, -0.25) is 4.57 Å². The van der Waals surface area contributed by atoms with Crippen LogP contribution in [0.2, 0.25) is 0 Å². The van der Waals surface area contributed by atoms with Gasteiger partial charge in [-0.1, -0.05) is 27.7 Å². The predicted octanol–water partition coefficient (Wildman–Crippen LogP) is 2.57. The summed E-state index contributed by atoms with van der Waals surface area (Å²) in [6.45, 7) is 8.66. The van der Waals surface area contributed by atoms with Gasteiger partial charge in [0.05, 0.1) is 10.5 Å². The van der Waals surface area contributed by atoms with Crippen LogP contribution in [0.25, 0.3) is 0 Å². The van der Waals surface area contributed by atoms with Crippen molar-refractivity contribution in [2.45, 2.75) is 63.9 Å². The minimum atomic E-state index is -3.64. The van der Waals surface area contributed by atoms with E-state index in [0.29, 0.717) is 0 Å². The molecule has 0 unspecified atom stereocenters. The average Bonchev–Trinajstić information content (AvgIpc) is 2.17. The van der Waals surface area contributed by atoms with Gasteiger partial charge in [0.1, 0.15) is 0 Å². The molecule has 0 saturated carbocycles. The molecule has 0 aliphatic carbocycles. The van der Waals surface area contributed by atoms with Crippen molar-refractivity contribution in [1.82, 2.24) is 0 Å². The lowest BCUT2D eigenvalue weighted by Crippen LogP contribution is -2.30. The first-order valence-corrected chi connectivity index (χ1v) is 9.96. The molecule has 0 rings (SSSR count). The Labute approximate surface area is 111 Å². The fraction of sp³-hybridized carbons (Fsp3) is 1.00. The molecule has 0 saturated heterocycles. The molecule has 0 heterocycles. The van der Waals surface area contributed by atoms with Crippen molar-refractivity contribution in [2.24, 2.45) is 0 Å². The summed E-state index contributed by atoms with van der Waals surface area (Å²) in [5.41, 5.74) is 0. The van der Waals surface area contributed by atoms with E-state index in [1.54, 1.807) is 0 Å². The zero-order valence-corrected chi connectivity index (χ0v) is 13.7. The maximum atomic E-state index is 12.0. The van der Waals surface area contributed by atoms with Crippen molar-refractivity contribution in [3.63, 3.8) is 0 Å². The highest BCUT2D eigenvalue weighted by molar-refractivity contribution is 7.92. The number of hydrogen-bond acceptors (Lipinski definition) is 3. The Morgan fingerprint density at radius 2 is 1.06 bits per heavy atom. The minimum absolute atomic E-state index is 0.127. The van der Waals surface area contributed by atoms with E-state index in [1.807, 2.05) is 27.7 Å². The quantitative estimate of drug-likeness (QED) is 0.736. The van der Waals surface area contributed by atoms with Crippen molar-refractivity contribution in [1.29, 1.82) is 0 Å². The Hall–Kier alpha value is 0.1000. The van der Waals surface area contributed by atoms with E-state index < -0.39 is 17.4 Å². The van der Waals surface area contributed by atoms with E-state index >= 15 is 0 Å². The Bertz CT molecular complexity index is 312. The van der Waals surface area contributed by atoms with Crippen LogP contribution in [0.1, 0.15) is 53.4 Å². The predicted molar refractivity (Wildman–Crippen MR) is 75.6 cm³/mol. The molecule has 0 radical (unpaired) electrons. The van der Waals surface area contributed by atoms with Crippen LogP contribution in [0.5, 0.6) is 0 Å². The highest BCUT2D eigenvalue weighted by Gasteiger charge is 2.29. The molecule has 0 aromatic carbocycles. The van der Waals surface area contributed by atoms with E-state index in [2.05, 4.69) is 0 Å². The summed E-state index contributed by atoms with van der Waals surface area (Å²) in [5.74, 6) is 0. The summed E-state index contributed by atoms with van der Waals surface area (Å²) in [6, 6.07) is 0. The molecule has 0 bridgehead atoms. The molecule has 18 heavy (non-hydrogen) atoms. The lowest BCUT2D eigenvalue weighted by Gasteiger charge is -2.20. The van der Waals surface area contributed by atoms with Gasteiger partial charge in [-0.25, -0.2) is 8.42 Å². The number of sulfone groups is 1. The third kappa shape index (κ3) is 9.09. The summed E-state index contributed by atoms with van der Waals surface area (Å²) in [4.78, 5) is 15.3. The fourth-order valence-electron chi connectivity index (χ4n) is 1.78. The van der Waals surface area contributed by atoms with Gasteiger partial charge in [-0.05, 0) is 25.7 Å². The standard InChI is InChI=1S/C10H22O2S.CH5O3P/c1-5-9(6-2)13(11,12)10(7-3)8-4;1-5(2,3)4/h9-10H,5-8H2,1-4H3;1H3,(H2,2,3,4). The van der Waals surface area contributed by atoms with Gasteiger partial charge in [-0.15, -0.1) is 0 Å². The second-order valence-corrected chi connectivity index (χ2v) is 8.48. The Morgan fingerprint density at radius 1 is 0.889 bits per heavy atom. The first kappa shape index (κ1) is 20.4. The van der Waals surface area contributed by atoms with Crippen molar-refractivity contribution < 1.29 is 22.8 Å². The molecule has 0 atom stereocenters. The molecule has 0 fully saturated rings. The van der Waals surface area contributed by atoms with Gasteiger partial charge in [0.2, 0.25) is 0 Å². The minimum Gasteiger partial charge on any atom is -0.325 e. The Morgan fingerprint density at radius 3 is 1.17 bits per heavy atom. The van der Waals surface area contributed by atoms with Crippen molar-refractivity contribution in [3.05, 3.63) is 0 Å². The Balaban J connectivity index is 0. The van der Waals surface area contributed by atoms with Crippen molar-refractivity contribution >= 4 is 17.4 Å². The topological polar surface area (TPSA) is 91.7 Å². The number of rotatable bonds is 6. The summed E-state index contributed by atoms with van der Waals surface area (Å²) in [5, 5.41) is -0.255. The van der Waals surface area contributed by atoms with Gasteiger partial charge in [0.15, 0.2) is 9.84 Å². The van der Waals surface area contributed by atoms with E-state index in [4.69, 9.17) is 9.79 Å². The summed E-state index contributed by atoms with van der Waals surface area (Å²) >= 11 is 0. The van der Waals surface area contributed by atoms with Crippen LogP contribution in [0.4, 0.5) is 0 Å². The molecule has 112 valence electrons. The normalized spacial score (nSPS) is 12.5. The maximum absolute atomic E-state index is 12.0. The second-order valence-electron chi connectivity index (χ2n) is 4.30. The molecule has 5 nitrogen and oxygen atoms in total. The molecule has 0 aromatic rings. The third-order valence-electron chi connectivity index (χ3n) is 2.75. The molecule has 0 amide bonds. The summed E-state index contributed by atoms with van der Waals surface area (Å²) in [7, 11) is -6.50. The van der Waals surface area contributed by atoms with Crippen LogP contribution < -0.4 is 0 Å². The van der Waals surface area contributed by atoms with Gasteiger partial charge in [0.25, 0.3) is 0 Å². The molecular weight excluding hydrogens is 275 g/mol. The van der Waals surface area contributed by atoms with E-state index in [9.17, 15) is 13.0 Å². The highest BCUT2D eigenvalue weighted by Crippen LogP contribution is 2.26. The van der Waals surface area contributed by atoms with Gasteiger partial charge in [0, 0.05) is 6.66 Å². The summed E-state index contributed by atoms with van der Waals surface area (Å²) in [6.07, 6.45) is 2.98. The van der Waals surface area contributed by atoms with Crippen LogP contribution in [-0.4, -0.2) is 35.4 Å². The average molecular weight is 302 g/mol. The zero-order chi connectivity index (χ0) is 15.0. The third-order valence-corrected chi connectivity index (χ3v) is 5.94. The second kappa shape index (κ2) is 9.08. The van der Waals surface area contributed by atoms with Crippen LogP contribution in [0, 0.1) is 0 Å². The van der Waals surface area contributed by atoms with Gasteiger partial charge in [-0.2, -0.15) is 0 Å². The monoisotopic (exact) mass is 302 g/mol. The molecule has 7 heteroatoms. The lowest BCUT2D eigenvalue weighted by molar-refractivity contribution is 0.381. The molecule has 0 aliphatic rings. The number of hydrogen-bond donors (Lipinski definition) is 2.